The quantitative estimate of drug-likeness (QED) is 0.887. The van der Waals surface area contributed by atoms with E-state index in [-0.39, 0.29) is 6.29 Å². The average Bonchev–Trinajstić information content (AvgIpc) is 2.89. The second kappa shape index (κ2) is 4.84. The zero-order valence-electron chi connectivity index (χ0n) is 9.74. The Morgan fingerprint density at radius 2 is 1.50 bits per heavy atom. The van der Waals surface area contributed by atoms with Crippen LogP contribution in [0.3, 0.4) is 0 Å². The summed E-state index contributed by atoms with van der Waals surface area (Å²) in [6.07, 6.45) is 1.24. The Morgan fingerprint density at radius 3 is 2.22 bits per heavy atom. The van der Waals surface area contributed by atoms with Gasteiger partial charge in [0.2, 0.25) is 5.88 Å². The molecule has 1 aliphatic heterocycles. The minimum absolute atomic E-state index is 0.364. The van der Waals surface area contributed by atoms with Crippen LogP contribution in [0.4, 0.5) is 5.69 Å². The number of nitrogens with one attached hydrogen (secondary N) is 1. The molecule has 1 atom stereocenters. The molecule has 90 valence electrons. The predicted octanol–water partition coefficient (Wildman–Crippen LogP) is 3.64. The van der Waals surface area contributed by atoms with Crippen molar-refractivity contribution in [3.8, 4) is 0 Å². The van der Waals surface area contributed by atoms with Crippen LogP contribution in [0.25, 0.3) is 0 Å². The van der Waals surface area contributed by atoms with Crippen molar-refractivity contribution in [3.63, 3.8) is 0 Å². The largest absolute Gasteiger partial charge is 0.453 e. The average molecular weight is 239 g/mol. The fraction of sp³-hybridized carbons (Fsp3) is 0.0667. The molecule has 1 aliphatic rings. The third kappa shape index (κ3) is 2.30. The molecule has 1 unspecified atom stereocenters. The maximum Gasteiger partial charge on any atom is 0.268 e. The monoisotopic (exact) mass is 239 g/mol. The standard InChI is InChI=1S/C15H13NO2/c1-3-7-12(8-4-1)15-17-11-14(18-15)16-13-9-5-2-6-10-13/h1-11,15-16H. The van der Waals surface area contributed by atoms with Gasteiger partial charge in [-0.3, -0.25) is 0 Å². The molecule has 3 heteroatoms. The summed E-state index contributed by atoms with van der Waals surface area (Å²) < 4.78 is 11.2. The first kappa shape index (κ1) is 10.7. The summed E-state index contributed by atoms with van der Waals surface area (Å²) in [5, 5.41) is 3.15. The van der Waals surface area contributed by atoms with Crippen molar-refractivity contribution in [2.75, 3.05) is 5.32 Å². The van der Waals surface area contributed by atoms with Gasteiger partial charge in [-0.15, -0.1) is 0 Å². The highest BCUT2D eigenvalue weighted by atomic mass is 16.7. The Hall–Kier alpha value is -2.42. The number of hydrogen-bond donors (Lipinski definition) is 1. The van der Waals surface area contributed by atoms with Crippen LogP contribution in [-0.4, -0.2) is 0 Å². The molecule has 1 heterocycles. The molecular formula is C15H13NO2. The molecule has 2 aromatic rings. The third-order valence-corrected chi connectivity index (χ3v) is 2.65. The molecule has 3 rings (SSSR count). The van der Waals surface area contributed by atoms with Crippen molar-refractivity contribution in [2.45, 2.75) is 6.29 Å². The molecule has 0 saturated carbocycles. The van der Waals surface area contributed by atoms with Crippen molar-refractivity contribution >= 4 is 5.69 Å². The molecule has 0 saturated heterocycles. The third-order valence-electron chi connectivity index (χ3n) is 2.65. The van der Waals surface area contributed by atoms with Crippen molar-refractivity contribution in [1.29, 1.82) is 0 Å². The number of hydrogen-bond acceptors (Lipinski definition) is 3. The number of rotatable bonds is 3. The van der Waals surface area contributed by atoms with Crippen LogP contribution in [0.1, 0.15) is 11.9 Å². The molecule has 0 fully saturated rings. The maximum absolute atomic E-state index is 5.68. The van der Waals surface area contributed by atoms with Crippen molar-refractivity contribution in [3.05, 3.63) is 78.4 Å². The van der Waals surface area contributed by atoms with E-state index in [0.717, 1.165) is 11.3 Å². The van der Waals surface area contributed by atoms with Crippen LogP contribution in [0.5, 0.6) is 0 Å². The Kier molecular flexibility index (Phi) is 2.88. The first-order valence-corrected chi connectivity index (χ1v) is 5.81. The summed E-state index contributed by atoms with van der Waals surface area (Å²) in [6.45, 7) is 0. The molecule has 3 nitrogen and oxygen atoms in total. The predicted molar refractivity (Wildman–Crippen MR) is 69.5 cm³/mol. The molecule has 0 bridgehead atoms. The van der Waals surface area contributed by atoms with E-state index in [2.05, 4.69) is 5.32 Å². The van der Waals surface area contributed by atoms with E-state index in [9.17, 15) is 0 Å². The number of para-hydroxylation sites is 1. The lowest BCUT2D eigenvalue weighted by Gasteiger charge is -2.12. The van der Waals surface area contributed by atoms with E-state index >= 15 is 0 Å². The Bertz CT molecular complexity index is 537. The lowest BCUT2D eigenvalue weighted by atomic mass is 10.2. The van der Waals surface area contributed by atoms with Crippen LogP contribution in [0.15, 0.2) is 72.8 Å². The van der Waals surface area contributed by atoms with Crippen molar-refractivity contribution < 1.29 is 9.47 Å². The second-order valence-electron chi connectivity index (χ2n) is 3.97. The highest BCUT2D eigenvalue weighted by molar-refractivity contribution is 5.46. The van der Waals surface area contributed by atoms with Gasteiger partial charge < -0.3 is 14.8 Å². The molecule has 18 heavy (non-hydrogen) atoms. The van der Waals surface area contributed by atoms with Crippen LogP contribution in [0.2, 0.25) is 0 Å². The van der Waals surface area contributed by atoms with Gasteiger partial charge in [-0.25, -0.2) is 0 Å². The van der Waals surface area contributed by atoms with Crippen LogP contribution in [0, 0.1) is 0 Å². The van der Waals surface area contributed by atoms with Gasteiger partial charge in [-0.1, -0.05) is 48.5 Å². The zero-order chi connectivity index (χ0) is 12.2. The van der Waals surface area contributed by atoms with E-state index < -0.39 is 0 Å². The second-order valence-corrected chi connectivity index (χ2v) is 3.97. The van der Waals surface area contributed by atoms with Gasteiger partial charge in [0.15, 0.2) is 0 Å². The summed E-state index contributed by atoms with van der Waals surface area (Å²) in [5.41, 5.74) is 1.97. The van der Waals surface area contributed by atoms with Gasteiger partial charge in [-0.2, -0.15) is 0 Å². The van der Waals surface area contributed by atoms with Gasteiger partial charge in [-0.05, 0) is 12.1 Å². The molecule has 0 spiro atoms. The number of anilines is 1. The number of benzene rings is 2. The zero-order valence-corrected chi connectivity index (χ0v) is 9.74. The molecule has 0 radical (unpaired) electrons. The van der Waals surface area contributed by atoms with Crippen LogP contribution in [-0.2, 0) is 9.47 Å². The molecule has 2 aromatic carbocycles. The van der Waals surface area contributed by atoms with E-state index in [1.807, 2.05) is 60.7 Å². The Labute approximate surface area is 106 Å². The minimum Gasteiger partial charge on any atom is -0.453 e. The lowest BCUT2D eigenvalue weighted by Crippen LogP contribution is -2.03. The Morgan fingerprint density at radius 1 is 0.833 bits per heavy atom. The summed E-state index contributed by atoms with van der Waals surface area (Å²) in [4.78, 5) is 0. The molecule has 1 N–H and O–H groups in total. The maximum atomic E-state index is 5.68. The lowest BCUT2D eigenvalue weighted by molar-refractivity contribution is -0.0323. The van der Waals surface area contributed by atoms with Crippen molar-refractivity contribution in [2.24, 2.45) is 0 Å². The smallest absolute Gasteiger partial charge is 0.268 e. The first-order chi connectivity index (χ1) is 8.92. The normalized spacial score (nSPS) is 17.6. The molecular weight excluding hydrogens is 226 g/mol. The highest BCUT2D eigenvalue weighted by Crippen LogP contribution is 2.28. The van der Waals surface area contributed by atoms with E-state index in [4.69, 9.17) is 9.47 Å². The van der Waals surface area contributed by atoms with Gasteiger partial charge in [0.05, 0.1) is 0 Å². The van der Waals surface area contributed by atoms with E-state index in [1.165, 1.54) is 0 Å². The fourth-order valence-electron chi connectivity index (χ4n) is 1.77. The highest BCUT2D eigenvalue weighted by Gasteiger charge is 2.21. The molecule has 0 aliphatic carbocycles. The van der Waals surface area contributed by atoms with Gasteiger partial charge in [0, 0.05) is 11.3 Å². The van der Waals surface area contributed by atoms with E-state index in [1.54, 1.807) is 6.26 Å². The summed E-state index contributed by atoms with van der Waals surface area (Å²) in [5.74, 6) is 0.620. The summed E-state index contributed by atoms with van der Waals surface area (Å²) >= 11 is 0. The molecule has 0 amide bonds. The van der Waals surface area contributed by atoms with Gasteiger partial charge >= 0.3 is 0 Å². The van der Waals surface area contributed by atoms with Crippen LogP contribution >= 0.6 is 0 Å². The van der Waals surface area contributed by atoms with E-state index in [0.29, 0.717) is 5.88 Å². The SMILES string of the molecule is C1=C(Nc2ccccc2)OC(c2ccccc2)O1. The topological polar surface area (TPSA) is 30.5 Å². The first-order valence-electron chi connectivity index (χ1n) is 5.81. The van der Waals surface area contributed by atoms with Crippen LogP contribution < -0.4 is 5.32 Å². The Balaban J connectivity index is 1.65. The minimum atomic E-state index is -0.364. The van der Waals surface area contributed by atoms with Gasteiger partial charge in [0.25, 0.3) is 6.29 Å². The molecule has 0 aromatic heterocycles. The fourth-order valence-corrected chi connectivity index (χ4v) is 1.77. The van der Waals surface area contributed by atoms with Gasteiger partial charge in [0.1, 0.15) is 6.26 Å². The number of ether oxygens (including phenoxy) is 2. The summed E-state index contributed by atoms with van der Waals surface area (Å²) in [7, 11) is 0. The summed E-state index contributed by atoms with van der Waals surface area (Å²) in [6, 6.07) is 19.7. The van der Waals surface area contributed by atoms with Crippen molar-refractivity contribution in [1.82, 2.24) is 0 Å².